The van der Waals surface area contributed by atoms with Crippen molar-refractivity contribution >= 4 is 17.5 Å². The van der Waals surface area contributed by atoms with Crippen molar-refractivity contribution in [1.82, 2.24) is 5.32 Å². The van der Waals surface area contributed by atoms with Gasteiger partial charge >= 0.3 is 0 Å². The number of hydrogen-bond donors (Lipinski definition) is 1. The van der Waals surface area contributed by atoms with Gasteiger partial charge in [-0.25, -0.2) is 8.78 Å². The van der Waals surface area contributed by atoms with E-state index in [-0.39, 0.29) is 43.4 Å². The molecule has 0 heterocycles. The van der Waals surface area contributed by atoms with Gasteiger partial charge in [-0.15, -0.1) is 11.6 Å². The van der Waals surface area contributed by atoms with Crippen LogP contribution in [-0.2, 0) is 10.3 Å². The first-order valence-electron chi connectivity index (χ1n) is 7.18. The Balaban J connectivity index is 2.04. The van der Waals surface area contributed by atoms with Gasteiger partial charge < -0.3 is 5.32 Å². The Labute approximate surface area is 128 Å². The van der Waals surface area contributed by atoms with Crippen LogP contribution in [-0.4, -0.2) is 17.7 Å². The molecule has 0 saturated heterocycles. The van der Waals surface area contributed by atoms with E-state index in [1.807, 2.05) is 37.3 Å². The highest BCUT2D eigenvalue weighted by Gasteiger charge is 2.39. The molecule has 1 saturated carbocycles. The van der Waals surface area contributed by atoms with Gasteiger partial charge in [0.2, 0.25) is 11.8 Å². The van der Waals surface area contributed by atoms with Gasteiger partial charge in [0.1, 0.15) is 0 Å². The van der Waals surface area contributed by atoms with Crippen LogP contribution in [0.15, 0.2) is 30.3 Å². The molecule has 0 radical (unpaired) electrons. The number of alkyl halides is 3. The highest BCUT2D eigenvalue weighted by molar-refractivity contribution is 6.18. The summed E-state index contributed by atoms with van der Waals surface area (Å²) in [6.07, 6.45) is 0.0278. The summed E-state index contributed by atoms with van der Waals surface area (Å²) in [6, 6.07) is 9.46. The van der Waals surface area contributed by atoms with Gasteiger partial charge in [0.15, 0.2) is 0 Å². The van der Waals surface area contributed by atoms with Crippen LogP contribution in [0, 0.1) is 5.92 Å². The molecule has 1 amide bonds. The Morgan fingerprint density at radius 3 is 2.43 bits per heavy atom. The zero-order valence-corrected chi connectivity index (χ0v) is 12.8. The molecule has 0 aliphatic heterocycles. The van der Waals surface area contributed by atoms with Crippen molar-refractivity contribution in [3.05, 3.63) is 35.9 Å². The molecule has 116 valence electrons. The summed E-state index contributed by atoms with van der Waals surface area (Å²) in [4.78, 5) is 12.3. The second kappa shape index (κ2) is 6.30. The Morgan fingerprint density at radius 2 is 1.90 bits per heavy atom. The predicted molar refractivity (Wildman–Crippen MR) is 79.6 cm³/mol. The van der Waals surface area contributed by atoms with Gasteiger partial charge in [0.25, 0.3) is 0 Å². The Bertz CT molecular complexity index is 484. The third kappa shape index (κ3) is 3.94. The molecule has 1 atom stereocenters. The highest BCUT2D eigenvalue weighted by Crippen LogP contribution is 2.36. The number of carbonyl (C=O) groups excluding carboxylic acids is 1. The van der Waals surface area contributed by atoms with Crippen LogP contribution < -0.4 is 5.32 Å². The Hall–Kier alpha value is -1.16. The second-order valence-corrected chi connectivity index (χ2v) is 6.22. The zero-order valence-electron chi connectivity index (χ0n) is 12.0. The molecule has 2 nitrogen and oxygen atoms in total. The van der Waals surface area contributed by atoms with E-state index in [0.717, 1.165) is 5.56 Å². The van der Waals surface area contributed by atoms with Crippen molar-refractivity contribution in [3.63, 3.8) is 0 Å². The summed E-state index contributed by atoms with van der Waals surface area (Å²) >= 11 is 6.04. The largest absolute Gasteiger partial charge is 0.345 e. The minimum atomic E-state index is -2.62. The van der Waals surface area contributed by atoms with E-state index < -0.39 is 11.5 Å². The molecule has 1 aromatic rings. The maximum atomic E-state index is 13.2. The third-order valence-electron chi connectivity index (χ3n) is 4.17. The van der Waals surface area contributed by atoms with Gasteiger partial charge in [-0.3, -0.25) is 4.79 Å². The summed E-state index contributed by atoms with van der Waals surface area (Å²) in [6.45, 7) is 1.85. The van der Waals surface area contributed by atoms with Crippen LogP contribution in [0.25, 0.3) is 0 Å². The summed E-state index contributed by atoms with van der Waals surface area (Å²) < 4.78 is 26.3. The van der Waals surface area contributed by atoms with Crippen LogP contribution in [0.4, 0.5) is 8.78 Å². The minimum Gasteiger partial charge on any atom is -0.345 e. The van der Waals surface area contributed by atoms with Gasteiger partial charge in [-0.05, 0) is 25.3 Å². The van der Waals surface area contributed by atoms with Crippen molar-refractivity contribution < 1.29 is 13.6 Å². The fraction of sp³-hybridized carbons (Fsp3) is 0.562. The molecule has 0 spiro atoms. The molecule has 1 aromatic carbocycles. The van der Waals surface area contributed by atoms with Gasteiger partial charge in [0, 0.05) is 24.6 Å². The number of hydrogen-bond acceptors (Lipinski definition) is 1. The standard InChI is InChI=1S/C16H20ClF2NO/c1-15(11-17,13-5-3-2-4-6-13)20-14(21)12-7-9-16(18,19)10-8-12/h2-6,12H,7-11H2,1H3,(H,20,21). The molecule has 1 N–H and O–H groups in total. The first-order chi connectivity index (χ1) is 9.86. The van der Waals surface area contributed by atoms with Gasteiger partial charge in [0.05, 0.1) is 5.54 Å². The number of benzene rings is 1. The smallest absolute Gasteiger partial charge is 0.248 e. The molecule has 0 bridgehead atoms. The zero-order chi connectivity index (χ0) is 15.5. The molecule has 2 rings (SSSR count). The predicted octanol–water partition coefficient (Wildman–Crippen LogP) is 4.08. The van der Waals surface area contributed by atoms with E-state index in [4.69, 9.17) is 11.6 Å². The van der Waals surface area contributed by atoms with Crippen molar-refractivity contribution in [2.24, 2.45) is 5.92 Å². The van der Waals surface area contributed by atoms with Gasteiger partial charge in [-0.2, -0.15) is 0 Å². The molecule has 1 aliphatic carbocycles. The average Bonchev–Trinajstić information content (AvgIpc) is 2.47. The number of amides is 1. The van der Waals surface area contributed by atoms with Crippen LogP contribution in [0.2, 0.25) is 0 Å². The maximum Gasteiger partial charge on any atom is 0.248 e. The fourth-order valence-corrected chi connectivity index (χ4v) is 2.89. The minimum absolute atomic E-state index is 0.183. The lowest BCUT2D eigenvalue weighted by Crippen LogP contribution is -2.48. The number of rotatable bonds is 4. The molecular formula is C16H20ClF2NO. The summed E-state index contributed by atoms with van der Waals surface area (Å²) in [5, 5.41) is 2.94. The fourth-order valence-electron chi connectivity index (χ4n) is 2.67. The van der Waals surface area contributed by atoms with Crippen LogP contribution >= 0.6 is 11.6 Å². The van der Waals surface area contributed by atoms with E-state index >= 15 is 0 Å². The second-order valence-electron chi connectivity index (χ2n) is 5.95. The lowest BCUT2D eigenvalue weighted by atomic mass is 9.85. The van der Waals surface area contributed by atoms with Crippen LogP contribution in [0.3, 0.4) is 0 Å². The number of halogens is 3. The average molecular weight is 316 g/mol. The quantitative estimate of drug-likeness (QED) is 0.833. The van der Waals surface area contributed by atoms with E-state index in [0.29, 0.717) is 0 Å². The third-order valence-corrected chi connectivity index (χ3v) is 4.70. The van der Waals surface area contributed by atoms with Crippen LogP contribution in [0.1, 0.15) is 38.2 Å². The molecule has 0 aromatic heterocycles. The molecule has 1 unspecified atom stereocenters. The molecule has 21 heavy (non-hydrogen) atoms. The SMILES string of the molecule is CC(CCl)(NC(=O)C1CCC(F)(F)CC1)c1ccccc1. The van der Waals surface area contributed by atoms with Crippen molar-refractivity contribution in [1.29, 1.82) is 0 Å². The highest BCUT2D eigenvalue weighted by atomic mass is 35.5. The first-order valence-corrected chi connectivity index (χ1v) is 7.71. The topological polar surface area (TPSA) is 29.1 Å². The van der Waals surface area contributed by atoms with E-state index in [2.05, 4.69) is 5.32 Å². The molecule has 5 heteroatoms. The van der Waals surface area contributed by atoms with E-state index in [9.17, 15) is 13.6 Å². The number of carbonyl (C=O) groups is 1. The van der Waals surface area contributed by atoms with Gasteiger partial charge in [-0.1, -0.05) is 30.3 Å². The monoisotopic (exact) mass is 315 g/mol. The first kappa shape index (κ1) is 16.2. The van der Waals surface area contributed by atoms with Crippen LogP contribution in [0.5, 0.6) is 0 Å². The maximum absolute atomic E-state index is 13.2. The van der Waals surface area contributed by atoms with Crippen molar-refractivity contribution in [3.8, 4) is 0 Å². The summed E-state index contributed by atoms with van der Waals surface area (Å²) in [5.74, 6) is -2.93. The molecule has 1 aliphatic rings. The van der Waals surface area contributed by atoms with E-state index in [1.165, 1.54) is 0 Å². The summed E-state index contributed by atoms with van der Waals surface area (Å²) in [7, 11) is 0. The molecular weight excluding hydrogens is 296 g/mol. The number of nitrogens with one attached hydrogen (secondary N) is 1. The summed E-state index contributed by atoms with van der Waals surface area (Å²) in [5.41, 5.74) is 0.231. The molecule has 1 fully saturated rings. The lowest BCUT2D eigenvalue weighted by molar-refractivity contribution is -0.130. The van der Waals surface area contributed by atoms with Crippen molar-refractivity contribution in [2.75, 3.05) is 5.88 Å². The van der Waals surface area contributed by atoms with Crippen molar-refractivity contribution in [2.45, 2.75) is 44.1 Å². The Kier molecular flexibility index (Phi) is 4.87. The normalized spacial score (nSPS) is 21.5. The van der Waals surface area contributed by atoms with E-state index in [1.54, 1.807) is 0 Å². The Morgan fingerprint density at radius 1 is 1.33 bits per heavy atom. The lowest BCUT2D eigenvalue weighted by Gasteiger charge is -2.33.